The largest absolute Gasteiger partial charge is 0.387 e. The first-order valence-corrected chi connectivity index (χ1v) is 4.44. The highest BCUT2D eigenvalue weighted by Gasteiger charge is 2.57. The van der Waals surface area contributed by atoms with Gasteiger partial charge in [0.2, 0.25) is 0 Å². The van der Waals surface area contributed by atoms with Crippen LogP contribution in [0.1, 0.15) is 0 Å². The molecule has 6 heteroatoms. The van der Waals surface area contributed by atoms with Gasteiger partial charge in [-0.05, 0) is 0 Å². The molecule has 2 aliphatic heterocycles. The lowest BCUT2D eigenvalue weighted by Crippen LogP contribution is -2.65. The fourth-order valence-electron chi connectivity index (χ4n) is 1.88. The molecule has 2 aliphatic rings. The Morgan fingerprint density at radius 2 is 2.14 bits per heavy atom. The second-order valence-corrected chi connectivity index (χ2v) is 3.67. The van der Waals surface area contributed by atoms with Crippen molar-refractivity contribution in [3.8, 4) is 0 Å². The fraction of sp³-hybridized carbons (Fsp3) is 1.00. The number of rotatable bonds is 1. The number of hydrogen-bond donors (Lipinski definition) is 3. The van der Waals surface area contributed by atoms with Crippen LogP contribution in [0.2, 0.25) is 0 Å². The van der Waals surface area contributed by atoms with Crippen LogP contribution in [-0.2, 0) is 14.2 Å². The maximum Gasteiger partial charge on any atom is 0.186 e. The number of methoxy groups -OCH3 is 1. The summed E-state index contributed by atoms with van der Waals surface area (Å²) in [6, 6.07) is 0. The number of fused-ring (bicyclic) bond motifs is 1. The van der Waals surface area contributed by atoms with Crippen LogP contribution < -0.4 is 0 Å². The SMILES string of the molecule is CO[C@H]1O[C@@H]2COC[C@@]2(O)[C@H](O)[C@H]1O. The van der Waals surface area contributed by atoms with E-state index in [0.29, 0.717) is 0 Å². The first kappa shape index (κ1) is 10.3. The van der Waals surface area contributed by atoms with Crippen molar-refractivity contribution in [2.75, 3.05) is 20.3 Å². The molecule has 0 radical (unpaired) electrons. The van der Waals surface area contributed by atoms with Crippen LogP contribution in [-0.4, -0.2) is 65.8 Å². The molecule has 5 atom stereocenters. The molecule has 0 aliphatic carbocycles. The van der Waals surface area contributed by atoms with Gasteiger partial charge in [0.1, 0.15) is 23.9 Å². The van der Waals surface area contributed by atoms with E-state index in [-0.39, 0.29) is 13.2 Å². The topological polar surface area (TPSA) is 88.4 Å². The highest BCUT2D eigenvalue weighted by molar-refractivity contribution is 5.04. The Bertz CT molecular complexity index is 222. The summed E-state index contributed by atoms with van der Waals surface area (Å²) in [5, 5.41) is 29.2. The molecule has 0 bridgehead atoms. The third-order valence-electron chi connectivity index (χ3n) is 2.81. The van der Waals surface area contributed by atoms with Crippen molar-refractivity contribution in [1.82, 2.24) is 0 Å². The monoisotopic (exact) mass is 206 g/mol. The summed E-state index contributed by atoms with van der Waals surface area (Å²) in [5.74, 6) is 0. The van der Waals surface area contributed by atoms with E-state index >= 15 is 0 Å². The summed E-state index contributed by atoms with van der Waals surface area (Å²) >= 11 is 0. The van der Waals surface area contributed by atoms with Crippen molar-refractivity contribution >= 4 is 0 Å². The van der Waals surface area contributed by atoms with Gasteiger partial charge in [-0.3, -0.25) is 0 Å². The standard InChI is InChI=1S/C8H14O6/c1-12-7-5(9)6(10)8(11)3-13-2-4(8)14-7/h4-7,9-11H,2-3H2,1H3/t4-,5-,6-,7+,8+/m1/s1. The molecule has 2 saturated heterocycles. The van der Waals surface area contributed by atoms with E-state index in [1.165, 1.54) is 7.11 Å². The van der Waals surface area contributed by atoms with E-state index < -0.39 is 30.2 Å². The molecule has 3 N–H and O–H groups in total. The third-order valence-corrected chi connectivity index (χ3v) is 2.81. The van der Waals surface area contributed by atoms with Crippen LogP contribution in [0.4, 0.5) is 0 Å². The first-order valence-electron chi connectivity index (χ1n) is 4.44. The molecule has 2 fully saturated rings. The fourth-order valence-corrected chi connectivity index (χ4v) is 1.88. The zero-order valence-corrected chi connectivity index (χ0v) is 7.79. The van der Waals surface area contributed by atoms with Gasteiger partial charge in [-0.1, -0.05) is 0 Å². The van der Waals surface area contributed by atoms with Gasteiger partial charge in [-0.15, -0.1) is 0 Å². The lowest BCUT2D eigenvalue weighted by Gasteiger charge is -2.43. The average Bonchev–Trinajstić information content (AvgIpc) is 2.55. The van der Waals surface area contributed by atoms with Crippen LogP contribution in [0.25, 0.3) is 0 Å². The maximum absolute atomic E-state index is 9.95. The minimum Gasteiger partial charge on any atom is -0.387 e. The molecule has 2 rings (SSSR count). The van der Waals surface area contributed by atoms with Gasteiger partial charge in [0, 0.05) is 7.11 Å². The van der Waals surface area contributed by atoms with Gasteiger partial charge in [-0.2, -0.15) is 0 Å². The summed E-state index contributed by atoms with van der Waals surface area (Å²) in [5.41, 5.74) is -1.52. The lowest BCUT2D eigenvalue weighted by molar-refractivity contribution is -0.309. The Morgan fingerprint density at radius 1 is 1.43 bits per heavy atom. The molecule has 0 spiro atoms. The number of hydrogen-bond acceptors (Lipinski definition) is 6. The maximum atomic E-state index is 9.95. The van der Waals surface area contributed by atoms with Gasteiger partial charge in [0.05, 0.1) is 13.2 Å². The van der Waals surface area contributed by atoms with E-state index in [1.54, 1.807) is 0 Å². The van der Waals surface area contributed by atoms with Crippen molar-refractivity contribution in [1.29, 1.82) is 0 Å². The van der Waals surface area contributed by atoms with Gasteiger partial charge in [-0.25, -0.2) is 0 Å². The number of aliphatic hydroxyl groups is 3. The molecule has 0 aromatic heterocycles. The molecule has 0 aromatic rings. The van der Waals surface area contributed by atoms with Gasteiger partial charge < -0.3 is 29.5 Å². The summed E-state index contributed by atoms with van der Waals surface area (Å²) < 4.78 is 15.1. The molecule has 0 aromatic carbocycles. The summed E-state index contributed by atoms with van der Waals surface area (Å²) in [6.07, 6.45) is -4.14. The normalized spacial score (nSPS) is 53.1. The predicted molar refractivity (Wildman–Crippen MR) is 43.5 cm³/mol. The van der Waals surface area contributed by atoms with Gasteiger partial charge in [0.15, 0.2) is 6.29 Å². The molecule has 0 unspecified atom stereocenters. The second kappa shape index (κ2) is 3.41. The third kappa shape index (κ3) is 1.27. The van der Waals surface area contributed by atoms with Crippen LogP contribution in [0, 0.1) is 0 Å². The minimum atomic E-state index is -1.52. The van der Waals surface area contributed by atoms with Crippen molar-refractivity contribution in [2.24, 2.45) is 0 Å². The summed E-state index contributed by atoms with van der Waals surface area (Å²) in [6.45, 7) is 0.159. The molecule has 14 heavy (non-hydrogen) atoms. The predicted octanol–water partition coefficient (Wildman–Crippen LogP) is -2.16. The smallest absolute Gasteiger partial charge is 0.186 e. The van der Waals surface area contributed by atoms with Crippen molar-refractivity contribution in [2.45, 2.75) is 30.2 Å². The van der Waals surface area contributed by atoms with Crippen molar-refractivity contribution < 1.29 is 29.5 Å². The molecule has 2 heterocycles. The summed E-state index contributed by atoms with van der Waals surface area (Å²) in [7, 11) is 1.36. The first-order chi connectivity index (χ1) is 6.59. The molecule has 6 nitrogen and oxygen atoms in total. The van der Waals surface area contributed by atoms with Crippen molar-refractivity contribution in [3.05, 3.63) is 0 Å². The van der Waals surface area contributed by atoms with E-state index in [9.17, 15) is 15.3 Å². The Balaban J connectivity index is 2.20. The minimum absolute atomic E-state index is 0.0354. The van der Waals surface area contributed by atoms with E-state index in [0.717, 1.165) is 0 Å². The molecular formula is C8H14O6. The Kier molecular flexibility index (Phi) is 2.50. The van der Waals surface area contributed by atoms with Crippen LogP contribution >= 0.6 is 0 Å². The van der Waals surface area contributed by atoms with Crippen molar-refractivity contribution in [3.63, 3.8) is 0 Å². The highest BCUT2D eigenvalue weighted by atomic mass is 16.7. The molecular weight excluding hydrogens is 192 g/mol. The van der Waals surface area contributed by atoms with Crippen LogP contribution in [0.3, 0.4) is 0 Å². The number of aliphatic hydroxyl groups excluding tert-OH is 2. The zero-order chi connectivity index (χ0) is 10.3. The van der Waals surface area contributed by atoms with E-state index in [1.807, 2.05) is 0 Å². The second-order valence-electron chi connectivity index (χ2n) is 3.67. The van der Waals surface area contributed by atoms with E-state index in [2.05, 4.69) is 0 Å². The van der Waals surface area contributed by atoms with Gasteiger partial charge >= 0.3 is 0 Å². The van der Waals surface area contributed by atoms with E-state index in [4.69, 9.17) is 14.2 Å². The lowest BCUT2D eigenvalue weighted by atomic mass is 9.87. The van der Waals surface area contributed by atoms with Gasteiger partial charge in [0.25, 0.3) is 0 Å². The average molecular weight is 206 g/mol. The number of ether oxygens (including phenoxy) is 3. The van der Waals surface area contributed by atoms with Crippen LogP contribution in [0.15, 0.2) is 0 Å². The molecule has 0 amide bonds. The molecule has 82 valence electrons. The quantitative estimate of drug-likeness (QED) is 0.453. The zero-order valence-electron chi connectivity index (χ0n) is 7.79. The Morgan fingerprint density at radius 3 is 2.79 bits per heavy atom. The van der Waals surface area contributed by atoms with Crippen LogP contribution in [0.5, 0.6) is 0 Å². The highest BCUT2D eigenvalue weighted by Crippen LogP contribution is 2.34. The summed E-state index contributed by atoms with van der Waals surface area (Å²) in [4.78, 5) is 0. The Labute approximate surface area is 81.0 Å². The molecule has 0 saturated carbocycles. The Hall–Kier alpha value is -0.240.